The quantitative estimate of drug-likeness (QED) is 0.0586. The maximum atomic E-state index is 13.1. The Morgan fingerprint density at radius 1 is 0.978 bits per heavy atom. The highest BCUT2D eigenvalue weighted by Gasteiger charge is 2.38. The van der Waals surface area contributed by atoms with Crippen LogP contribution in [0.25, 0.3) is 0 Å². The molecule has 1 aromatic rings. The zero-order valence-corrected chi connectivity index (χ0v) is 26.6. The van der Waals surface area contributed by atoms with Crippen molar-refractivity contribution in [2.75, 3.05) is 20.2 Å². The van der Waals surface area contributed by atoms with E-state index in [1.165, 1.54) is 32.8 Å². The van der Waals surface area contributed by atoms with Crippen LogP contribution in [0.4, 0.5) is 4.79 Å². The van der Waals surface area contributed by atoms with E-state index in [9.17, 15) is 28.8 Å². The number of methoxy groups -OCH3 is 1. The number of guanidine groups is 1. The summed E-state index contributed by atoms with van der Waals surface area (Å²) in [5, 5.41) is 10.1. The molecule has 1 saturated heterocycles. The van der Waals surface area contributed by atoms with Crippen LogP contribution in [0.15, 0.2) is 35.3 Å². The summed E-state index contributed by atoms with van der Waals surface area (Å²) in [6.07, 6.45) is -0.135. The van der Waals surface area contributed by atoms with Crippen LogP contribution in [-0.4, -0.2) is 97.0 Å². The summed E-state index contributed by atoms with van der Waals surface area (Å²) < 4.78 is 9.82. The predicted molar refractivity (Wildman–Crippen MR) is 166 cm³/mol. The minimum Gasteiger partial charge on any atom is -0.467 e. The lowest BCUT2D eigenvalue weighted by Gasteiger charge is -2.24. The second-order valence-corrected chi connectivity index (χ2v) is 10.2. The number of nitrogens with two attached hydrogens (primary N) is 2. The lowest BCUT2D eigenvalue weighted by molar-refractivity contribution is -0.150. The highest BCUT2D eigenvalue weighted by molar-refractivity contribution is 5.96. The summed E-state index contributed by atoms with van der Waals surface area (Å²) in [4.78, 5) is 80.8. The number of carbonyl (C=O) groups is 6. The molecule has 0 bridgehead atoms. The van der Waals surface area contributed by atoms with Crippen molar-refractivity contribution in [3.05, 3.63) is 35.9 Å². The summed E-state index contributed by atoms with van der Waals surface area (Å²) in [7, 11) is 1.22. The van der Waals surface area contributed by atoms with Gasteiger partial charge in [0.1, 0.15) is 36.8 Å². The molecule has 0 radical (unpaired) electrons. The minimum atomic E-state index is -1.11. The predicted octanol–water partition coefficient (Wildman–Crippen LogP) is -0.955. The summed E-state index contributed by atoms with van der Waals surface area (Å²) >= 11 is 0. The largest absolute Gasteiger partial charge is 0.467 e. The first kappa shape index (κ1) is 38.4. The van der Waals surface area contributed by atoms with Gasteiger partial charge in [0.05, 0.1) is 7.11 Å². The number of benzene rings is 1. The fourth-order valence-electron chi connectivity index (χ4n) is 4.27. The van der Waals surface area contributed by atoms with Gasteiger partial charge in [-0.1, -0.05) is 30.3 Å². The number of hydrogen-bond donors (Lipinski definition) is 6. The van der Waals surface area contributed by atoms with Gasteiger partial charge in [-0.05, 0) is 45.6 Å². The molecule has 1 aromatic carbocycles. The van der Waals surface area contributed by atoms with Crippen molar-refractivity contribution in [1.29, 1.82) is 0 Å². The minimum absolute atomic E-state index is 0. The molecule has 17 heteroatoms. The van der Waals surface area contributed by atoms with Crippen LogP contribution in [0.3, 0.4) is 0 Å². The highest BCUT2D eigenvalue weighted by Crippen LogP contribution is 2.15. The molecule has 1 aliphatic heterocycles. The van der Waals surface area contributed by atoms with E-state index in [-0.39, 0.29) is 50.9 Å². The standard InChI is InChI=1S/C28H42N8O8.ClH/c1-16(22(37)35-21-12-14-36(25(21)40)18(3)26(41)43-4)32-24(39)20(11-8-13-31-27(29)30)34-23(38)17(2)33-28(42)44-15-19-9-6-5-7-10-19;/h5-7,9-10,16-18,20-21H,8,11-15H2,1-4H3,(H,32,39)(H,33,42)(H,34,38)(H,35,37)(H4,29,30,31);1H/t16-,17-,18-,20-,21+;/m0./s1. The van der Waals surface area contributed by atoms with Crippen LogP contribution in [-0.2, 0) is 40.1 Å². The fourth-order valence-corrected chi connectivity index (χ4v) is 4.27. The van der Waals surface area contributed by atoms with Crippen LogP contribution in [0.2, 0.25) is 0 Å². The van der Waals surface area contributed by atoms with Crippen molar-refractivity contribution < 1.29 is 38.2 Å². The van der Waals surface area contributed by atoms with E-state index in [4.69, 9.17) is 16.2 Å². The van der Waals surface area contributed by atoms with Crippen LogP contribution >= 0.6 is 12.4 Å². The van der Waals surface area contributed by atoms with E-state index in [1.54, 1.807) is 24.3 Å². The monoisotopic (exact) mass is 654 g/mol. The molecule has 0 saturated carbocycles. The zero-order chi connectivity index (χ0) is 32.8. The molecule has 16 nitrogen and oxygen atoms in total. The lowest BCUT2D eigenvalue weighted by atomic mass is 10.1. The molecule has 5 amide bonds. The number of rotatable bonds is 15. The molecular formula is C28H43ClN8O8. The third kappa shape index (κ3) is 12.5. The Balaban J connectivity index is 0.0000101. The molecule has 1 aliphatic rings. The van der Waals surface area contributed by atoms with Gasteiger partial charge in [-0.25, -0.2) is 9.59 Å². The third-order valence-corrected chi connectivity index (χ3v) is 6.84. The number of hydrogen-bond acceptors (Lipinski definition) is 9. The van der Waals surface area contributed by atoms with Crippen molar-refractivity contribution >= 4 is 54.1 Å². The van der Waals surface area contributed by atoms with Gasteiger partial charge in [0.15, 0.2) is 5.96 Å². The molecule has 8 N–H and O–H groups in total. The number of halogens is 1. The van der Waals surface area contributed by atoms with Crippen LogP contribution < -0.4 is 32.7 Å². The average Bonchev–Trinajstić information content (AvgIpc) is 3.35. The summed E-state index contributed by atoms with van der Waals surface area (Å²) in [5.74, 6) is -3.13. The van der Waals surface area contributed by atoms with Crippen molar-refractivity contribution in [1.82, 2.24) is 26.2 Å². The number of esters is 1. The van der Waals surface area contributed by atoms with Crippen molar-refractivity contribution in [2.24, 2.45) is 16.5 Å². The molecule has 0 aliphatic carbocycles. The van der Waals surface area contributed by atoms with Gasteiger partial charge in [-0.15, -0.1) is 12.4 Å². The molecule has 0 unspecified atom stereocenters. The Kier molecular flexibility index (Phi) is 16.2. The Labute approximate surface area is 267 Å². The Morgan fingerprint density at radius 2 is 1.62 bits per heavy atom. The molecule has 0 aromatic heterocycles. The Hall–Kier alpha value is -4.60. The smallest absolute Gasteiger partial charge is 0.408 e. The number of nitrogens with one attached hydrogen (secondary N) is 4. The average molecular weight is 655 g/mol. The number of aliphatic imine (C=N–C) groups is 1. The summed E-state index contributed by atoms with van der Waals surface area (Å²) in [5.41, 5.74) is 11.5. The van der Waals surface area contributed by atoms with Crippen LogP contribution in [0.5, 0.6) is 0 Å². The number of alkyl carbamates (subject to hydrolysis) is 1. The second kappa shape index (κ2) is 18.9. The lowest BCUT2D eigenvalue weighted by Crippen LogP contribution is -2.56. The van der Waals surface area contributed by atoms with E-state index < -0.39 is 65.9 Å². The maximum absolute atomic E-state index is 13.1. The second-order valence-electron chi connectivity index (χ2n) is 10.2. The molecule has 0 spiro atoms. The fraction of sp³-hybridized carbons (Fsp3) is 0.536. The SMILES string of the molecule is COC(=O)[C@H](C)N1CC[C@@H](NC(=O)[C@H](C)NC(=O)[C@H](CCCN=C(N)N)NC(=O)[C@H](C)NC(=O)OCc2ccccc2)C1=O.Cl. The first-order chi connectivity index (χ1) is 20.8. The number of nitrogens with zero attached hydrogens (tertiary/aromatic N) is 2. The molecule has 1 fully saturated rings. The first-order valence-electron chi connectivity index (χ1n) is 14.2. The van der Waals surface area contributed by atoms with E-state index >= 15 is 0 Å². The van der Waals surface area contributed by atoms with Crippen LogP contribution in [0.1, 0.15) is 45.6 Å². The van der Waals surface area contributed by atoms with Gasteiger partial charge in [-0.2, -0.15) is 0 Å². The van der Waals surface area contributed by atoms with Crippen molar-refractivity contribution in [3.63, 3.8) is 0 Å². The van der Waals surface area contributed by atoms with Gasteiger partial charge in [0.25, 0.3) is 0 Å². The molecule has 5 atom stereocenters. The maximum Gasteiger partial charge on any atom is 0.408 e. The summed E-state index contributed by atoms with van der Waals surface area (Å²) in [6, 6.07) is 4.04. The van der Waals surface area contributed by atoms with Gasteiger partial charge >= 0.3 is 12.1 Å². The van der Waals surface area contributed by atoms with Crippen LogP contribution in [0, 0.1) is 0 Å². The number of ether oxygens (including phenoxy) is 2. The van der Waals surface area contributed by atoms with Gasteiger partial charge in [0.2, 0.25) is 23.6 Å². The van der Waals surface area contributed by atoms with Gasteiger partial charge in [0, 0.05) is 13.1 Å². The number of carbonyl (C=O) groups excluding carboxylic acids is 6. The van der Waals surface area contributed by atoms with Crippen molar-refractivity contribution in [3.8, 4) is 0 Å². The zero-order valence-electron chi connectivity index (χ0n) is 25.7. The summed E-state index contributed by atoms with van der Waals surface area (Å²) in [6.45, 7) is 4.81. The normalized spacial score (nSPS) is 16.5. The number of likely N-dealkylation sites (tertiary alicyclic amines) is 1. The molecule has 1 heterocycles. The topological polar surface area (TPSA) is 237 Å². The number of amides is 5. The van der Waals surface area contributed by atoms with E-state index in [0.717, 1.165) is 5.56 Å². The molecule has 45 heavy (non-hydrogen) atoms. The molecule has 2 rings (SSSR count). The Morgan fingerprint density at radius 3 is 2.24 bits per heavy atom. The molecule has 250 valence electrons. The third-order valence-electron chi connectivity index (χ3n) is 6.84. The first-order valence-corrected chi connectivity index (χ1v) is 14.2. The Bertz CT molecular complexity index is 1210. The van der Waals surface area contributed by atoms with Crippen molar-refractivity contribution in [2.45, 2.75) is 76.8 Å². The van der Waals surface area contributed by atoms with Gasteiger partial charge < -0.3 is 47.1 Å². The highest BCUT2D eigenvalue weighted by atomic mass is 35.5. The van der Waals surface area contributed by atoms with E-state index in [2.05, 4.69) is 31.0 Å². The molecular weight excluding hydrogens is 612 g/mol. The van der Waals surface area contributed by atoms with E-state index in [1.807, 2.05) is 6.07 Å². The van der Waals surface area contributed by atoms with Gasteiger partial charge in [-0.3, -0.25) is 24.2 Å². The van der Waals surface area contributed by atoms with E-state index in [0.29, 0.717) is 6.42 Å².